The molecule has 0 aromatic rings. The third kappa shape index (κ3) is 6.76. The Morgan fingerprint density at radius 1 is 0.737 bits per heavy atom. The van der Waals surface area contributed by atoms with Crippen LogP contribution in [0.2, 0.25) is 0 Å². The molecular formula is C12H20O7. The van der Waals surface area contributed by atoms with Gasteiger partial charge in [-0.15, -0.1) is 0 Å². The largest absolute Gasteiger partial charge is 0.460 e. The number of carbonyl (C=O) groups excluding carboxylic acids is 3. The molecule has 0 saturated carbocycles. The van der Waals surface area contributed by atoms with E-state index in [1.54, 1.807) is 13.8 Å². The zero-order chi connectivity index (χ0) is 15.2. The summed E-state index contributed by atoms with van der Waals surface area (Å²) in [6.45, 7) is 7.18. The number of hydrogen-bond acceptors (Lipinski definition) is 7. The van der Waals surface area contributed by atoms with E-state index in [4.69, 9.17) is 14.6 Å². The van der Waals surface area contributed by atoms with Crippen LogP contribution in [0.3, 0.4) is 0 Å². The zero-order valence-electron chi connectivity index (χ0n) is 11.7. The highest BCUT2D eigenvalue weighted by atomic mass is 16.6. The number of aliphatic hydroxyl groups excluding tert-OH is 1. The molecule has 0 bridgehead atoms. The maximum absolute atomic E-state index is 11.5. The molecule has 0 amide bonds. The molecule has 0 aliphatic carbocycles. The lowest BCUT2D eigenvalue weighted by Gasteiger charge is -2.18. The van der Waals surface area contributed by atoms with Gasteiger partial charge >= 0.3 is 17.9 Å². The van der Waals surface area contributed by atoms with Gasteiger partial charge in [0.2, 0.25) is 0 Å². The number of aliphatic hydroxyl groups is 1. The summed E-state index contributed by atoms with van der Waals surface area (Å²) in [6, 6.07) is 0. The van der Waals surface area contributed by atoms with Gasteiger partial charge in [0.1, 0.15) is 6.10 Å². The number of carbonyl (C=O) groups is 3. The van der Waals surface area contributed by atoms with Crippen molar-refractivity contribution in [3.63, 3.8) is 0 Å². The van der Waals surface area contributed by atoms with E-state index >= 15 is 0 Å². The van der Waals surface area contributed by atoms with E-state index in [1.807, 2.05) is 0 Å². The normalized spacial score (nSPS) is 15.3. The number of esters is 3. The van der Waals surface area contributed by atoms with Gasteiger partial charge in [-0.1, -0.05) is 0 Å². The van der Waals surface area contributed by atoms with Gasteiger partial charge in [-0.05, 0) is 34.6 Å². The van der Waals surface area contributed by atoms with Gasteiger partial charge in [0, 0.05) is 0 Å². The highest BCUT2D eigenvalue weighted by Gasteiger charge is 2.26. The minimum atomic E-state index is -1.33. The monoisotopic (exact) mass is 276 g/mol. The summed E-state index contributed by atoms with van der Waals surface area (Å²) >= 11 is 0. The van der Waals surface area contributed by atoms with Crippen LogP contribution in [0, 0.1) is 0 Å². The Balaban J connectivity index is 4.29. The van der Waals surface area contributed by atoms with Crippen molar-refractivity contribution in [2.24, 2.45) is 0 Å². The van der Waals surface area contributed by atoms with Crippen LogP contribution in [0.15, 0.2) is 0 Å². The highest BCUT2D eigenvalue weighted by molar-refractivity contribution is 5.83. The van der Waals surface area contributed by atoms with Crippen molar-refractivity contribution in [2.45, 2.75) is 59.0 Å². The standard InChI is InChI=1S/C12H20O7/c1-6(2)17-11(15)8(4)19-12(16)9(5)18-10(14)7(3)13/h6-9,13H,1-5H3. The number of rotatable bonds is 6. The zero-order valence-corrected chi connectivity index (χ0v) is 11.7. The molecule has 0 aromatic heterocycles. The summed E-state index contributed by atoms with van der Waals surface area (Å²) < 4.78 is 14.3. The van der Waals surface area contributed by atoms with Crippen LogP contribution in [0.4, 0.5) is 0 Å². The van der Waals surface area contributed by atoms with E-state index in [0.717, 1.165) is 0 Å². The van der Waals surface area contributed by atoms with E-state index in [9.17, 15) is 14.4 Å². The highest BCUT2D eigenvalue weighted by Crippen LogP contribution is 2.04. The van der Waals surface area contributed by atoms with E-state index in [0.29, 0.717) is 0 Å². The molecule has 0 aromatic carbocycles. The lowest BCUT2D eigenvalue weighted by atomic mass is 10.3. The first-order valence-corrected chi connectivity index (χ1v) is 5.94. The molecule has 3 unspecified atom stereocenters. The van der Waals surface area contributed by atoms with Gasteiger partial charge in [-0.25, -0.2) is 14.4 Å². The molecule has 110 valence electrons. The predicted octanol–water partition coefficient (Wildman–Crippen LogP) is 0.182. The summed E-state index contributed by atoms with van der Waals surface area (Å²) in [6.07, 6.45) is -3.96. The molecule has 1 N–H and O–H groups in total. The van der Waals surface area contributed by atoms with Crippen LogP contribution in [-0.4, -0.2) is 47.4 Å². The Kier molecular flexibility index (Phi) is 7.06. The molecule has 0 heterocycles. The molecule has 0 aliphatic rings. The Morgan fingerprint density at radius 3 is 1.47 bits per heavy atom. The lowest BCUT2D eigenvalue weighted by molar-refractivity contribution is -0.180. The summed E-state index contributed by atoms with van der Waals surface area (Å²) in [5.74, 6) is -2.51. The Morgan fingerprint density at radius 2 is 1.11 bits per heavy atom. The smallest absolute Gasteiger partial charge is 0.347 e. The van der Waals surface area contributed by atoms with Crippen molar-refractivity contribution in [2.75, 3.05) is 0 Å². The molecule has 0 spiro atoms. The molecule has 3 atom stereocenters. The van der Waals surface area contributed by atoms with Crippen molar-refractivity contribution >= 4 is 17.9 Å². The number of ether oxygens (including phenoxy) is 3. The minimum Gasteiger partial charge on any atom is -0.460 e. The van der Waals surface area contributed by atoms with E-state index in [2.05, 4.69) is 4.74 Å². The first-order valence-electron chi connectivity index (χ1n) is 5.94. The molecule has 0 fully saturated rings. The Bertz CT molecular complexity index is 335. The first-order chi connectivity index (χ1) is 8.65. The van der Waals surface area contributed by atoms with Crippen molar-refractivity contribution in [3.8, 4) is 0 Å². The summed E-state index contributed by atoms with van der Waals surface area (Å²) in [5, 5.41) is 8.92. The van der Waals surface area contributed by atoms with Crippen molar-refractivity contribution in [3.05, 3.63) is 0 Å². The fraction of sp³-hybridized carbons (Fsp3) is 0.750. The second kappa shape index (κ2) is 7.73. The molecule has 0 rings (SSSR count). The van der Waals surface area contributed by atoms with Gasteiger partial charge in [0.25, 0.3) is 0 Å². The fourth-order valence-corrected chi connectivity index (χ4v) is 0.967. The van der Waals surface area contributed by atoms with Gasteiger partial charge in [0.05, 0.1) is 6.10 Å². The van der Waals surface area contributed by atoms with E-state index < -0.39 is 36.2 Å². The molecule has 0 saturated heterocycles. The van der Waals surface area contributed by atoms with Crippen LogP contribution in [0.25, 0.3) is 0 Å². The van der Waals surface area contributed by atoms with E-state index in [1.165, 1.54) is 20.8 Å². The van der Waals surface area contributed by atoms with Gasteiger partial charge in [-0.2, -0.15) is 0 Å². The van der Waals surface area contributed by atoms with Crippen LogP contribution >= 0.6 is 0 Å². The lowest BCUT2D eigenvalue weighted by Crippen LogP contribution is -2.35. The van der Waals surface area contributed by atoms with Crippen molar-refractivity contribution in [1.82, 2.24) is 0 Å². The maximum Gasteiger partial charge on any atom is 0.347 e. The van der Waals surface area contributed by atoms with Gasteiger partial charge < -0.3 is 19.3 Å². The Hall–Kier alpha value is -1.63. The van der Waals surface area contributed by atoms with Crippen LogP contribution in [0.1, 0.15) is 34.6 Å². The minimum absolute atomic E-state index is 0.320. The summed E-state index contributed by atoms with van der Waals surface area (Å²) in [7, 11) is 0. The third-order valence-corrected chi connectivity index (χ3v) is 1.94. The van der Waals surface area contributed by atoms with Crippen molar-refractivity contribution in [1.29, 1.82) is 0 Å². The molecule has 19 heavy (non-hydrogen) atoms. The van der Waals surface area contributed by atoms with Gasteiger partial charge in [-0.3, -0.25) is 0 Å². The van der Waals surface area contributed by atoms with Gasteiger partial charge in [0.15, 0.2) is 12.2 Å². The fourth-order valence-electron chi connectivity index (χ4n) is 0.967. The molecule has 0 aliphatic heterocycles. The van der Waals surface area contributed by atoms with Crippen LogP contribution in [-0.2, 0) is 28.6 Å². The molecule has 7 nitrogen and oxygen atoms in total. The van der Waals surface area contributed by atoms with E-state index in [-0.39, 0.29) is 6.10 Å². The number of hydrogen-bond donors (Lipinski definition) is 1. The van der Waals surface area contributed by atoms with Crippen molar-refractivity contribution < 1.29 is 33.7 Å². The topological polar surface area (TPSA) is 99.1 Å². The SMILES string of the molecule is CC(C)OC(=O)C(C)OC(=O)C(C)OC(=O)C(C)O. The predicted molar refractivity (Wildman–Crippen MR) is 64.0 cm³/mol. The molecule has 7 heteroatoms. The second-order valence-corrected chi connectivity index (χ2v) is 4.32. The first kappa shape index (κ1) is 17.4. The quantitative estimate of drug-likeness (QED) is 0.545. The third-order valence-electron chi connectivity index (χ3n) is 1.94. The second-order valence-electron chi connectivity index (χ2n) is 4.32. The summed E-state index contributed by atoms with van der Waals surface area (Å²) in [4.78, 5) is 34.0. The Labute approximate surface area is 111 Å². The average molecular weight is 276 g/mol. The van der Waals surface area contributed by atoms with Crippen LogP contribution in [0.5, 0.6) is 0 Å². The summed E-state index contributed by atoms with van der Waals surface area (Å²) in [5.41, 5.74) is 0. The molecular weight excluding hydrogens is 256 g/mol. The average Bonchev–Trinajstić information content (AvgIpc) is 2.27. The molecule has 0 radical (unpaired) electrons. The van der Waals surface area contributed by atoms with Crippen LogP contribution < -0.4 is 0 Å². The maximum atomic E-state index is 11.5.